The van der Waals surface area contributed by atoms with Crippen molar-refractivity contribution in [3.8, 4) is 11.5 Å². The minimum absolute atomic E-state index is 0.0200. The number of nitrogens with one attached hydrogen (secondary N) is 1. The molecule has 0 fully saturated rings. The number of amides is 1. The second-order valence-electron chi connectivity index (χ2n) is 6.79. The number of ether oxygens (including phenoxy) is 1. The first-order valence-electron chi connectivity index (χ1n) is 9.25. The number of carbonyl (C=O) groups is 1. The molecular formula is C20H20N4O4S. The van der Waals surface area contributed by atoms with Crippen molar-refractivity contribution < 1.29 is 14.6 Å². The summed E-state index contributed by atoms with van der Waals surface area (Å²) in [5, 5.41) is 14.1. The van der Waals surface area contributed by atoms with Crippen molar-refractivity contribution in [1.29, 1.82) is 0 Å². The summed E-state index contributed by atoms with van der Waals surface area (Å²) in [6.07, 6.45) is 6.95. The Hall–Kier alpha value is -3.20. The molecular weight excluding hydrogens is 392 g/mol. The summed E-state index contributed by atoms with van der Waals surface area (Å²) in [6.45, 7) is -0.164. The van der Waals surface area contributed by atoms with Gasteiger partial charge in [-0.25, -0.2) is 10.4 Å². The van der Waals surface area contributed by atoms with E-state index in [-0.39, 0.29) is 17.9 Å². The normalized spacial score (nSPS) is 13.6. The average molecular weight is 412 g/mol. The zero-order valence-electron chi connectivity index (χ0n) is 15.8. The van der Waals surface area contributed by atoms with Gasteiger partial charge in [0.25, 0.3) is 11.5 Å². The number of hydrogen-bond acceptors (Lipinski definition) is 7. The fraction of sp³-hybridized carbons (Fsp3) is 0.300. The predicted octanol–water partition coefficient (Wildman–Crippen LogP) is 2.20. The summed E-state index contributed by atoms with van der Waals surface area (Å²) in [6, 6.07) is 4.70. The van der Waals surface area contributed by atoms with Crippen molar-refractivity contribution in [3.05, 3.63) is 50.9 Å². The molecule has 9 heteroatoms. The van der Waals surface area contributed by atoms with Gasteiger partial charge in [0.2, 0.25) is 0 Å². The van der Waals surface area contributed by atoms with Gasteiger partial charge in [0.15, 0.2) is 11.5 Å². The number of aryl methyl sites for hydroxylation is 2. The summed E-state index contributed by atoms with van der Waals surface area (Å²) in [5.41, 5.74) is 3.97. The lowest BCUT2D eigenvalue weighted by molar-refractivity contribution is -0.121. The number of phenolic OH excluding ortho intramolecular Hbond substituents is 1. The smallest absolute Gasteiger partial charge is 0.262 e. The summed E-state index contributed by atoms with van der Waals surface area (Å²) in [5.74, 6) is -0.101. The van der Waals surface area contributed by atoms with Crippen molar-refractivity contribution in [2.75, 3.05) is 7.11 Å². The molecule has 0 bridgehead atoms. The highest BCUT2D eigenvalue weighted by Gasteiger charge is 2.20. The van der Waals surface area contributed by atoms with Crippen LogP contribution in [0.3, 0.4) is 0 Å². The van der Waals surface area contributed by atoms with E-state index in [1.54, 1.807) is 23.5 Å². The van der Waals surface area contributed by atoms with Gasteiger partial charge in [-0.15, -0.1) is 11.3 Å². The Morgan fingerprint density at radius 1 is 1.41 bits per heavy atom. The summed E-state index contributed by atoms with van der Waals surface area (Å²) >= 11 is 1.58. The van der Waals surface area contributed by atoms with Crippen LogP contribution < -0.4 is 15.7 Å². The van der Waals surface area contributed by atoms with E-state index >= 15 is 0 Å². The molecule has 0 atom stereocenters. The van der Waals surface area contributed by atoms with E-state index in [9.17, 15) is 14.7 Å². The van der Waals surface area contributed by atoms with E-state index in [0.717, 1.165) is 36.1 Å². The van der Waals surface area contributed by atoms with E-state index in [2.05, 4.69) is 15.5 Å². The highest BCUT2D eigenvalue weighted by atomic mass is 32.1. The van der Waals surface area contributed by atoms with Crippen LogP contribution >= 0.6 is 11.3 Å². The highest BCUT2D eigenvalue weighted by Crippen LogP contribution is 2.33. The van der Waals surface area contributed by atoms with Crippen molar-refractivity contribution >= 4 is 33.7 Å². The van der Waals surface area contributed by atoms with Crippen molar-refractivity contribution in [3.63, 3.8) is 0 Å². The van der Waals surface area contributed by atoms with Crippen LogP contribution in [-0.2, 0) is 24.2 Å². The highest BCUT2D eigenvalue weighted by molar-refractivity contribution is 7.18. The number of rotatable bonds is 5. The van der Waals surface area contributed by atoms with Crippen LogP contribution in [0.2, 0.25) is 0 Å². The monoisotopic (exact) mass is 412 g/mol. The lowest BCUT2D eigenvalue weighted by atomic mass is 9.97. The zero-order chi connectivity index (χ0) is 20.4. The molecule has 2 aromatic heterocycles. The Morgan fingerprint density at radius 3 is 3.07 bits per heavy atom. The van der Waals surface area contributed by atoms with Crippen molar-refractivity contribution in [1.82, 2.24) is 15.0 Å². The van der Waals surface area contributed by atoms with Gasteiger partial charge in [0, 0.05) is 4.88 Å². The molecule has 0 spiro atoms. The first kappa shape index (κ1) is 19.1. The molecule has 8 nitrogen and oxygen atoms in total. The second kappa shape index (κ2) is 8.04. The fourth-order valence-electron chi connectivity index (χ4n) is 3.44. The molecule has 0 aliphatic heterocycles. The predicted molar refractivity (Wildman–Crippen MR) is 111 cm³/mol. The molecule has 3 aromatic rings. The lowest BCUT2D eigenvalue weighted by Gasteiger charge is -2.10. The van der Waals surface area contributed by atoms with Crippen LogP contribution in [0.5, 0.6) is 11.5 Å². The quantitative estimate of drug-likeness (QED) is 0.494. The molecule has 1 aliphatic rings. The number of hydrazone groups is 1. The van der Waals surface area contributed by atoms with Gasteiger partial charge in [-0.05, 0) is 55.0 Å². The van der Waals surface area contributed by atoms with Gasteiger partial charge in [0.1, 0.15) is 11.4 Å². The standard InChI is InChI=1S/C20H20N4O4S/c1-28-15-8-12(6-7-14(15)25)9-22-23-17(26)10-24-11-21-19-18(20(24)27)13-4-2-3-5-16(13)29-19/h6-9,11,25H,2-5,10H2,1H3,(H,23,26). The van der Waals surface area contributed by atoms with Crippen molar-refractivity contribution in [2.24, 2.45) is 5.10 Å². The van der Waals surface area contributed by atoms with Gasteiger partial charge in [-0.1, -0.05) is 0 Å². The van der Waals surface area contributed by atoms with Gasteiger partial charge in [0.05, 0.1) is 25.0 Å². The lowest BCUT2D eigenvalue weighted by Crippen LogP contribution is -2.30. The summed E-state index contributed by atoms with van der Waals surface area (Å²) in [7, 11) is 1.45. The Morgan fingerprint density at radius 2 is 2.24 bits per heavy atom. The number of aromatic nitrogens is 2. The summed E-state index contributed by atoms with van der Waals surface area (Å²) < 4.78 is 6.35. The number of phenols is 1. The maximum Gasteiger partial charge on any atom is 0.262 e. The molecule has 29 heavy (non-hydrogen) atoms. The largest absolute Gasteiger partial charge is 0.504 e. The van der Waals surface area contributed by atoms with Crippen LogP contribution in [0.15, 0.2) is 34.4 Å². The number of carbonyl (C=O) groups excluding carboxylic acids is 1. The first-order chi connectivity index (χ1) is 14.1. The molecule has 1 amide bonds. The van der Waals surface area contributed by atoms with Crippen molar-refractivity contribution in [2.45, 2.75) is 32.2 Å². The number of aromatic hydroxyl groups is 1. The number of nitrogens with zero attached hydrogens (tertiary/aromatic N) is 3. The third kappa shape index (κ3) is 3.86. The van der Waals surface area contributed by atoms with Crippen LogP contribution in [0.4, 0.5) is 0 Å². The third-order valence-corrected chi connectivity index (χ3v) is 6.06. The second-order valence-corrected chi connectivity index (χ2v) is 7.88. The number of fused-ring (bicyclic) bond motifs is 3. The van der Waals surface area contributed by atoms with Gasteiger partial charge in [-0.2, -0.15) is 5.10 Å². The maximum atomic E-state index is 12.9. The van der Waals surface area contributed by atoms with Gasteiger partial charge < -0.3 is 9.84 Å². The first-order valence-corrected chi connectivity index (χ1v) is 10.1. The Bertz CT molecular complexity index is 1170. The summed E-state index contributed by atoms with van der Waals surface area (Å²) in [4.78, 5) is 31.5. The van der Waals surface area contributed by atoms with E-state index < -0.39 is 5.91 Å². The van der Waals surface area contributed by atoms with Crippen LogP contribution in [-0.4, -0.2) is 33.9 Å². The van der Waals surface area contributed by atoms with E-state index in [0.29, 0.717) is 16.7 Å². The molecule has 0 saturated heterocycles. The van der Waals surface area contributed by atoms with E-state index in [4.69, 9.17) is 4.74 Å². The fourth-order valence-corrected chi connectivity index (χ4v) is 4.66. The minimum Gasteiger partial charge on any atom is -0.504 e. The maximum absolute atomic E-state index is 12.9. The average Bonchev–Trinajstić information content (AvgIpc) is 3.10. The SMILES string of the molecule is COc1cc(C=NNC(=O)Cn2cnc3sc4c(c3c2=O)CCCC4)ccc1O. The Kier molecular flexibility index (Phi) is 5.30. The molecule has 0 unspecified atom stereocenters. The van der Waals surface area contributed by atoms with Crippen LogP contribution in [0.25, 0.3) is 10.2 Å². The molecule has 2 heterocycles. The molecule has 1 aliphatic carbocycles. The van der Waals surface area contributed by atoms with E-state index in [1.165, 1.54) is 35.2 Å². The Labute approximate surface area is 170 Å². The van der Waals surface area contributed by atoms with E-state index in [1.807, 2.05) is 0 Å². The van der Waals surface area contributed by atoms with Gasteiger partial charge >= 0.3 is 0 Å². The van der Waals surface area contributed by atoms with Gasteiger partial charge in [-0.3, -0.25) is 14.2 Å². The van der Waals surface area contributed by atoms with Crippen LogP contribution in [0, 0.1) is 0 Å². The number of methoxy groups -OCH3 is 1. The topological polar surface area (TPSA) is 106 Å². The minimum atomic E-state index is -0.431. The molecule has 150 valence electrons. The molecule has 0 radical (unpaired) electrons. The molecule has 4 rings (SSSR count). The Balaban J connectivity index is 1.48. The molecule has 1 aromatic carbocycles. The third-order valence-electron chi connectivity index (χ3n) is 4.86. The zero-order valence-corrected chi connectivity index (χ0v) is 16.7. The number of hydrogen-bond donors (Lipinski definition) is 2. The molecule has 0 saturated carbocycles. The molecule has 2 N–H and O–H groups in total. The number of benzene rings is 1. The van der Waals surface area contributed by atoms with Crippen LogP contribution in [0.1, 0.15) is 28.8 Å². The number of thiophene rings is 1.